The summed E-state index contributed by atoms with van der Waals surface area (Å²) in [5.74, 6) is 0. The minimum Gasteiger partial charge on any atom is -0.229 e. The van der Waals surface area contributed by atoms with Gasteiger partial charge in [0.05, 0.1) is 0 Å². The standard InChI is InChI=1S/C5H6N4/c1-2-5(6)9-4-7-3-8-9/h2-5H,1H2. The van der Waals surface area contributed by atoms with Crippen LogP contribution in [0.3, 0.4) is 0 Å². The van der Waals surface area contributed by atoms with Crippen LogP contribution in [0.2, 0.25) is 0 Å². The molecular formula is C5H6N4. The lowest BCUT2D eigenvalue weighted by molar-refractivity contribution is 0.542. The fraction of sp³-hybridized carbons (Fsp3) is 0.200. The fourth-order valence-electron chi connectivity index (χ4n) is 0.462. The van der Waals surface area contributed by atoms with Gasteiger partial charge in [0.1, 0.15) is 12.7 Å². The number of rotatable bonds is 2. The second-order valence-electron chi connectivity index (χ2n) is 1.52. The summed E-state index contributed by atoms with van der Waals surface area (Å²) >= 11 is 0. The van der Waals surface area contributed by atoms with Crippen molar-refractivity contribution in [1.82, 2.24) is 20.5 Å². The molecule has 2 radical (unpaired) electrons. The van der Waals surface area contributed by atoms with Gasteiger partial charge in [-0.2, -0.15) is 5.10 Å². The molecule has 0 saturated carbocycles. The predicted octanol–water partition coefficient (Wildman–Crippen LogP) is 0.0314. The molecule has 9 heavy (non-hydrogen) atoms. The van der Waals surface area contributed by atoms with Crippen molar-refractivity contribution in [3.8, 4) is 0 Å². The van der Waals surface area contributed by atoms with Crippen molar-refractivity contribution in [2.45, 2.75) is 6.17 Å². The Hall–Kier alpha value is -1.16. The van der Waals surface area contributed by atoms with E-state index >= 15 is 0 Å². The highest BCUT2D eigenvalue weighted by atomic mass is 15.4. The Morgan fingerprint density at radius 2 is 2.56 bits per heavy atom. The summed E-state index contributed by atoms with van der Waals surface area (Å²) in [6.07, 6.45) is 3.39. The molecule has 0 aliphatic carbocycles. The Bertz CT molecular complexity index is 179. The first-order valence-electron chi connectivity index (χ1n) is 2.49. The van der Waals surface area contributed by atoms with E-state index in [9.17, 15) is 0 Å². The minimum absolute atomic E-state index is 0.757. The molecule has 0 bridgehead atoms. The molecule has 46 valence electrons. The summed E-state index contributed by atoms with van der Waals surface area (Å²) in [5.41, 5.74) is 8.96. The Morgan fingerprint density at radius 3 is 3.00 bits per heavy atom. The van der Waals surface area contributed by atoms with E-state index in [2.05, 4.69) is 16.7 Å². The lowest BCUT2D eigenvalue weighted by atomic mass is 10.5. The summed E-state index contributed by atoms with van der Waals surface area (Å²) in [5, 5.41) is 3.67. The molecule has 0 aliphatic heterocycles. The van der Waals surface area contributed by atoms with E-state index in [4.69, 9.17) is 5.73 Å². The summed E-state index contributed by atoms with van der Waals surface area (Å²) in [6.45, 7) is 3.38. The second kappa shape index (κ2) is 2.41. The van der Waals surface area contributed by atoms with Crippen molar-refractivity contribution >= 4 is 0 Å². The molecule has 1 aromatic rings. The van der Waals surface area contributed by atoms with Crippen LogP contribution in [0, 0.1) is 0 Å². The highest BCUT2D eigenvalue weighted by Gasteiger charge is 1.98. The zero-order valence-electron chi connectivity index (χ0n) is 4.81. The first-order chi connectivity index (χ1) is 4.34. The van der Waals surface area contributed by atoms with Crippen molar-refractivity contribution in [3.63, 3.8) is 0 Å². The summed E-state index contributed by atoms with van der Waals surface area (Å²) in [6, 6.07) is 0. The van der Waals surface area contributed by atoms with Crippen LogP contribution < -0.4 is 5.73 Å². The summed E-state index contributed by atoms with van der Waals surface area (Å²) in [7, 11) is 0. The monoisotopic (exact) mass is 122 g/mol. The lowest BCUT2D eigenvalue weighted by Gasteiger charge is -1.99. The molecule has 1 unspecified atom stereocenters. The van der Waals surface area contributed by atoms with Crippen LogP contribution in [0.25, 0.3) is 0 Å². The molecule has 0 aliphatic rings. The molecule has 0 fully saturated rings. The summed E-state index contributed by atoms with van der Waals surface area (Å²) < 4.78 is 1.30. The van der Waals surface area contributed by atoms with E-state index < -0.39 is 6.17 Å². The SMILES string of the molecule is C=CC([N])n1cncn1. The topological polar surface area (TPSA) is 53.0 Å². The minimum atomic E-state index is -0.757. The van der Waals surface area contributed by atoms with Crippen LogP contribution in [0.1, 0.15) is 6.17 Å². The molecule has 1 heterocycles. The van der Waals surface area contributed by atoms with Gasteiger partial charge in [-0.1, -0.05) is 6.58 Å². The van der Waals surface area contributed by atoms with Gasteiger partial charge in [0.15, 0.2) is 6.17 Å². The Labute approximate surface area is 53.0 Å². The van der Waals surface area contributed by atoms with E-state index in [-0.39, 0.29) is 0 Å². The van der Waals surface area contributed by atoms with Gasteiger partial charge in [-0.05, 0) is 6.08 Å². The van der Waals surface area contributed by atoms with Crippen LogP contribution >= 0.6 is 0 Å². The maximum Gasteiger partial charge on any atom is 0.155 e. The Morgan fingerprint density at radius 1 is 1.78 bits per heavy atom. The summed E-state index contributed by atoms with van der Waals surface area (Å²) in [4.78, 5) is 3.64. The van der Waals surface area contributed by atoms with Gasteiger partial charge in [-0.3, -0.25) is 0 Å². The van der Waals surface area contributed by atoms with Crippen LogP contribution in [-0.4, -0.2) is 14.8 Å². The Kier molecular flexibility index (Phi) is 1.60. The predicted molar refractivity (Wildman–Crippen MR) is 31.4 cm³/mol. The van der Waals surface area contributed by atoms with Crippen molar-refractivity contribution in [1.29, 1.82) is 0 Å². The van der Waals surface area contributed by atoms with Gasteiger partial charge in [0, 0.05) is 0 Å². The second-order valence-corrected chi connectivity index (χ2v) is 1.52. The molecule has 0 saturated heterocycles. The maximum absolute atomic E-state index is 8.96. The highest BCUT2D eigenvalue weighted by molar-refractivity contribution is 4.78. The van der Waals surface area contributed by atoms with E-state index in [1.165, 1.54) is 23.4 Å². The van der Waals surface area contributed by atoms with Gasteiger partial charge in [0.2, 0.25) is 0 Å². The number of hydrogen-bond donors (Lipinski definition) is 0. The molecule has 1 atom stereocenters. The number of nitrogens with zero attached hydrogens (tertiary/aromatic N) is 4. The van der Waals surface area contributed by atoms with Gasteiger partial charge >= 0.3 is 0 Å². The molecule has 0 aromatic carbocycles. The maximum atomic E-state index is 8.96. The number of aromatic nitrogens is 3. The van der Waals surface area contributed by atoms with Crippen LogP contribution in [0.15, 0.2) is 25.3 Å². The zero-order valence-corrected chi connectivity index (χ0v) is 4.81. The first-order valence-corrected chi connectivity index (χ1v) is 2.49. The highest BCUT2D eigenvalue weighted by Crippen LogP contribution is 1.95. The molecule has 4 heteroatoms. The molecule has 0 N–H and O–H groups in total. The largest absolute Gasteiger partial charge is 0.229 e. The van der Waals surface area contributed by atoms with Gasteiger partial charge in [0.25, 0.3) is 0 Å². The third-order valence-corrected chi connectivity index (χ3v) is 0.918. The first kappa shape index (κ1) is 5.97. The van der Waals surface area contributed by atoms with Gasteiger partial charge < -0.3 is 0 Å². The van der Waals surface area contributed by atoms with E-state index in [1.807, 2.05) is 0 Å². The van der Waals surface area contributed by atoms with Crippen LogP contribution in [-0.2, 0) is 0 Å². The van der Waals surface area contributed by atoms with E-state index in [0.717, 1.165) is 0 Å². The van der Waals surface area contributed by atoms with Gasteiger partial charge in [-0.25, -0.2) is 9.67 Å². The van der Waals surface area contributed by atoms with Gasteiger partial charge in [-0.15, -0.1) is 5.73 Å². The normalized spacial score (nSPS) is 13.0. The number of hydrogen-bond acceptors (Lipinski definition) is 2. The molecule has 4 nitrogen and oxygen atoms in total. The third kappa shape index (κ3) is 1.14. The lowest BCUT2D eigenvalue weighted by Crippen LogP contribution is -2.06. The molecular weight excluding hydrogens is 116 g/mol. The van der Waals surface area contributed by atoms with Crippen molar-refractivity contribution in [3.05, 3.63) is 25.3 Å². The average molecular weight is 122 g/mol. The molecule has 1 rings (SSSR count). The van der Waals surface area contributed by atoms with E-state index in [1.54, 1.807) is 0 Å². The van der Waals surface area contributed by atoms with E-state index in [0.29, 0.717) is 0 Å². The van der Waals surface area contributed by atoms with Crippen molar-refractivity contribution < 1.29 is 0 Å². The quantitative estimate of drug-likeness (QED) is 0.519. The van der Waals surface area contributed by atoms with Crippen LogP contribution in [0.4, 0.5) is 0 Å². The van der Waals surface area contributed by atoms with Crippen molar-refractivity contribution in [2.75, 3.05) is 0 Å². The smallest absolute Gasteiger partial charge is 0.155 e. The molecule has 0 amide bonds. The van der Waals surface area contributed by atoms with Crippen LogP contribution in [0.5, 0.6) is 0 Å². The Balaban J connectivity index is 2.76. The molecule has 0 spiro atoms. The average Bonchev–Trinajstić information content (AvgIpc) is 2.37. The third-order valence-electron chi connectivity index (χ3n) is 0.918. The molecule has 1 aromatic heterocycles. The van der Waals surface area contributed by atoms with Crippen molar-refractivity contribution in [2.24, 2.45) is 0 Å². The zero-order chi connectivity index (χ0) is 6.69. The fourth-order valence-corrected chi connectivity index (χ4v) is 0.462.